The number of unbranched alkanes of at least 4 members (excludes halogenated alkanes) is 1. The van der Waals surface area contributed by atoms with Gasteiger partial charge in [0.25, 0.3) is 0 Å². The van der Waals surface area contributed by atoms with E-state index in [0.29, 0.717) is 0 Å². The zero-order chi connectivity index (χ0) is 9.23. The molecule has 0 aromatic rings. The van der Waals surface area contributed by atoms with E-state index in [1.165, 1.54) is 29.5 Å². The van der Waals surface area contributed by atoms with Crippen LogP contribution in [0.15, 0.2) is 8.49 Å². The van der Waals surface area contributed by atoms with Gasteiger partial charge in [-0.1, -0.05) is 0 Å². The van der Waals surface area contributed by atoms with E-state index < -0.39 is 0 Å². The molecule has 0 nitrogen and oxygen atoms in total. The zero-order valence-corrected chi connectivity index (χ0v) is 11.7. The third-order valence-electron chi connectivity index (χ3n) is 1.24. The van der Waals surface area contributed by atoms with E-state index >= 15 is 0 Å². The number of rotatable bonds is 7. The summed E-state index contributed by atoms with van der Waals surface area (Å²) in [5.41, 5.74) is 0. The Morgan fingerprint density at radius 1 is 1.42 bits per heavy atom. The van der Waals surface area contributed by atoms with E-state index in [0.717, 1.165) is 3.08 Å². The second kappa shape index (κ2) is 10.3. The van der Waals surface area contributed by atoms with Crippen molar-refractivity contribution in [2.24, 2.45) is 0 Å². The second-order valence-electron chi connectivity index (χ2n) is 2.49. The van der Waals surface area contributed by atoms with Crippen LogP contribution >= 0.6 is 23.4 Å². The average Bonchev–Trinajstić information content (AvgIpc) is 2.06. The molecule has 0 atom stereocenters. The van der Waals surface area contributed by atoms with Gasteiger partial charge in [-0.25, -0.2) is 0 Å². The molecule has 0 aliphatic carbocycles. The molecule has 0 rings (SSSR count). The topological polar surface area (TPSA) is 0 Å². The number of thioether (sulfide) groups is 1. The molecule has 0 heterocycles. The molecule has 0 bridgehead atoms. The van der Waals surface area contributed by atoms with Crippen LogP contribution in [0, 0.1) is 0 Å². The van der Waals surface area contributed by atoms with E-state index in [2.05, 4.69) is 19.3 Å². The summed E-state index contributed by atoms with van der Waals surface area (Å²) in [6.45, 7) is 4.43. The Labute approximate surface area is 95.6 Å². The van der Waals surface area contributed by atoms with E-state index in [-0.39, 0.29) is 20.9 Å². The minimum absolute atomic E-state index is 0.0234. The van der Waals surface area contributed by atoms with Crippen molar-refractivity contribution in [1.29, 1.82) is 0 Å². The van der Waals surface area contributed by atoms with Gasteiger partial charge in [0.1, 0.15) is 0 Å². The van der Waals surface area contributed by atoms with Crippen molar-refractivity contribution in [3.05, 3.63) is 8.49 Å². The van der Waals surface area contributed by atoms with Crippen LogP contribution in [0.5, 0.6) is 0 Å². The Morgan fingerprint density at radius 3 is 2.75 bits per heavy atom. The summed E-state index contributed by atoms with van der Waals surface area (Å²) in [4.78, 5) is 0. The van der Waals surface area contributed by atoms with Crippen LogP contribution in [-0.2, 0) is 0 Å². The number of hydrogen-bond donors (Lipinski definition) is 0. The van der Waals surface area contributed by atoms with E-state index in [1.807, 2.05) is 11.8 Å². The van der Waals surface area contributed by atoms with Gasteiger partial charge in [0.15, 0.2) is 0 Å². The van der Waals surface area contributed by atoms with Gasteiger partial charge in [-0.3, -0.25) is 0 Å². The number of hydrogen-bond acceptors (Lipinski definition) is 1. The van der Waals surface area contributed by atoms with Crippen molar-refractivity contribution < 1.29 is 0 Å². The second-order valence-corrected chi connectivity index (χ2v) is 7.83. The molecule has 72 valence electrons. The average molecular weight is 320 g/mol. The van der Waals surface area contributed by atoms with Gasteiger partial charge in [0.2, 0.25) is 0 Å². The summed E-state index contributed by atoms with van der Waals surface area (Å²) in [7, 11) is 0. The van der Waals surface area contributed by atoms with Crippen LogP contribution in [0.1, 0.15) is 33.1 Å². The van der Waals surface area contributed by atoms with E-state index in [1.54, 1.807) is 0 Å². The molecule has 0 saturated carbocycles. The minimum atomic E-state index is -0.0234. The van der Waals surface area contributed by atoms with Gasteiger partial charge < -0.3 is 0 Å². The van der Waals surface area contributed by atoms with Crippen LogP contribution in [0.4, 0.5) is 0 Å². The fourth-order valence-electron chi connectivity index (χ4n) is 0.590. The first kappa shape index (κ1) is 13.2. The van der Waals surface area contributed by atoms with Gasteiger partial charge in [-0.05, 0) is 0 Å². The number of halogens is 1. The maximum absolute atomic E-state index is 6.05. The van der Waals surface area contributed by atoms with Gasteiger partial charge in [-0.2, -0.15) is 0 Å². The molecule has 12 heavy (non-hydrogen) atoms. The third kappa shape index (κ3) is 9.26. The Morgan fingerprint density at radius 2 is 2.17 bits per heavy atom. The molecule has 0 radical (unpaired) electrons. The van der Waals surface area contributed by atoms with Gasteiger partial charge >= 0.3 is 96.1 Å². The molecule has 0 amide bonds. The summed E-state index contributed by atoms with van der Waals surface area (Å²) in [5, 5.41) is 2.16. The van der Waals surface area contributed by atoms with Crippen LogP contribution in [0.2, 0.25) is 4.47 Å². The Hall–Kier alpha value is 1.17. The van der Waals surface area contributed by atoms with Gasteiger partial charge in [0.05, 0.1) is 0 Å². The first-order valence-corrected chi connectivity index (χ1v) is 8.65. The standard InChI is InChI=1S/C9H17ClSTe/c1-3-5-7-12-9(10)8-11-6-4-2/h8H,3-7H2,1-2H3/b9-8-. The zero-order valence-electron chi connectivity index (χ0n) is 7.81. The summed E-state index contributed by atoms with van der Waals surface area (Å²) in [6.07, 6.45) is 3.89. The molecule has 0 N–H and O–H groups in total. The SMILES string of the molecule is CCCC[Te]/C(Cl)=C\SCCC. The van der Waals surface area contributed by atoms with Gasteiger partial charge in [0, 0.05) is 0 Å². The summed E-state index contributed by atoms with van der Waals surface area (Å²) in [5.74, 6) is 1.21. The monoisotopic (exact) mass is 322 g/mol. The Bertz CT molecular complexity index is 126. The quantitative estimate of drug-likeness (QED) is 0.503. The Kier molecular flexibility index (Phi) is 11.3. The molecule has 0 aromatic carbocycles. The van der Waals surface area contributed by atoms with Crippen molar-refractivity contribution in [2.45, 2.75) is 37.6 Å². The summed E-state index contributed by atoms with van der Waals surface area (Å²) < 4.78 is 2.52. The van der Waals surface area contributed by atoms with Crippen LogP contribution in [0.3, 0.4) is 0 Å². The van der Waals surface area contributed by atoms with Gasteiger partial charge in [-0.15, -0.1) is 0 Å². The molecular formula is C9H17ClSTe. The summed E-state index contributed by atoms with van der Waals surface area (Å²) >= 11 is 7.88. The predicted molar refractivity (Wildman–Crippen MR) is 62.2 cm³/mol. The fourth-order valence-corrected chi connectivity index (χ4v) is 4.81. The van der Waals surface area contributed by atoms with Crippen molar-refractivity contribution in [3.63, 3.8) is 0 Å². The molecule has 0 saturated heterocycles. The van der Waals surface area contributed by atoms with Crippen LogP contribution in [-0.4, -0.2) is 26.7 Å². The molecule has 0 spiro atoms. The fraction of sp³-hybridized carbons (Fsp3) is 0.778. The predicted octanol–water partition coefficient (Wildman–Crippen LogP) is 4.09. The molecule has 0 aliphatic heterocycles. The van der Waals surface area contributed by atoms with Crippen molar-refractivity contribution in [3.8, 4) is 0 Å². The molecule has 3 heteroatoms. The first-order chi connectivity index (χ1) is 5.81. The van der Waals surface area contributed by atoms with Crippen molar-refractivity contribution in [2.75, 3.05) is 5.75 Å². The molecule has 0 unspecified atom stereocenters. The molecule has 0 aromatic heterocycles. The molecule has 0 fully saturated rings. The normalized spacial score (nSPS) is 12.1. The molecular weight excluding hydrogens is 303 g/mol. The van der Waals surface area contributed by atoms with Crippen molar-refractivity contribution in [1.82, 2.24) is 0 Å². The first-order valence-electron chi connectivity index (χ1n) is 4.41. The Balaban J connectivity index is 3.29. The maximum atomic E-state index is 6.05. The van der Waals surface area contributed by atoms with E-state index in [9.17, 15) is 0 Å². The summed E-state index contributed by atoms with van der Waals surface area (Å²) in [6, 6.07) is 0. The van der Waals surface area contributed by atoms with Crippen LogP contribution < -0.4 is 0 Å². The van der Waals surface area contributed by atoms with Crippen molar-refractivity contribution >= 4 is 44.3 Å². The molecule has 0 aliphatic rings. The van der Waals surface area contributed by atoms with E-state index in [4.69, 9.17) is 11.6 Å². The third-order valence-corrected chi connectivity index (χ3v) is 6.25. The van der Waals surface area contributed by atoms with Crippen LogP contribution in [0.25, 0.3) is 0 Å².